The Labute approximate surface area is 94.9 Å². The zero-order valence-corrected chi connectivity index (χ0v) is 9.33. The minimum Gasteiger partial charge on any atom is -0.361 e. The van der Waals surface area contributed by atoms with Gasteiger partial charge in [0.05, 0.1) is 11.6 Å². The molecule has 0 aliphatic rings. The molecule has 0 aliphatic carbocycles. The summed E-state index contributed by atoms with van der Waals surface area (Å²) in [4.78, 5) is 3.19. The second kappa shape index (κ2) is 4.38. The van der Waals surface area contributed by atoms with Crippen molar-refractivity contribution in [2.45, 2.75) is 25.8 Å². The van der Waals surface area contributed by atoms with Crippen LogP contribution in [0.15, 0.2) is 24.4 Å². The molecular formula is C13H15N3. The molecule has 0 amide bonds. The maximum atomic E-state index is 9.07. The first-order valence-corrected chi connectivity index (χ1v) is 5.51. The van der Waals surface area contributed by atoms with E-state index in [4.69, 9.17) is 11.0 Å². The number of hydrogen-bond donors (Lipinski definition) is 2. The standard InChI is InChI=1S/C13H15N3/c1-2-11(15)6-10-8-16-12-5-3-4-9(7-14)13(10)12/h3-5,8,11,16H,2,6,15H2,1H3. The molecule has 1 atom stereocenters. The SMILES string of the molecule is CCC(N)Cc1c[nH]c2cccc(C#N)c12. The maximum absolute atomic E-state index is 9.07. The molecule has 0 fully saturated rings. The van der Waals surface area contributed by atoms with Crippen LogP contribution < -0.4 is 5.73 Å². The van der Waals surface area contributed by atoms with Crippen molar-refractivity contribution in [1.82, 2.24) is 4.98 Å². The minimum atomic E-state index is 0.158. The molecule has 3 N–H and O–H groups in total. The molecule has 0 saturated heterocycles. The van der Waals surface area contributed by atoms with Crippen molar-refractivity contribution < 1.29 is 0 Å². The van der Waals surface area contributed by atoms with Gasteiger partial charge in [-0.25, -0.2) is 0 Å². The summed E-state index contributed by atoms with van der Waals surface area (Å²) < 4.78 is 0. The summed E-state index contributed by atoms with van der Waals surface area (Å²) in [6, 6.07) is 8.10. The number of H-pyrrole nitrogens is 1. The number of rotatable bonds is 3. The van der Waals surface area contributed by atoms with Crippen LogP contribution in [0.1, 0.15) is 24.5 Å². The molecule has 0 bridgehead atoms. The average molecular weight is 213 g/mol. The van der Waals surface area contributed by atoms with Gasteiger partial charge in [0.2, 0.25) is 0 Å². The van der Waals surface area contributed by atoms with E-state index in [1.54, 1.807) is 0 Å². The van der Waals surface area contributed by atoms with Gasteiger partial charge >= 0.3 is 0 Å². The Morgan fingerprint density at radius 2 is 2.31 bits per heavy atom. The second-order valence-electron chi connectivity index (χ2n) is 4.03. The summed E-state index contributed by atoms with van der Waals surface area (Å²) in [7, 11) is 0. The molecule has 1 aromatic heterocycles. The number of nitriles is 1. The van der Waals surface area contributed by atoms with Gasteiger partial charge in [0, 0.05) is 23.1 Å². The molecule has 3 nitrogen and oxygen atoms in total. The molecule has 82 valence electrons. The second-order valence-corrected chi connectivity index (χ2v) is 4.03. The van der Waals surface area contributed by atoms with Crippen molar-refractivity contribution in [3.05, 3.63) is 35.5 Å². The Balaban J connectivity index is 2.51. The number of nitrogens with zero attached hydrogens (tertiary/aromatic N) is 1. The summed E-state index contributed by atoms with van der Waals surface area (Å²) in [6.07, 6.45) is 3.72. The lowest BCUT2D eigenvalue weighted by atomic mass is 10.0. The van der Waals surface area contributed by atoms with Gasteiger partial charge in [0.1, 0.15) is 0 Å². The first-order valence-electron chi connectivity index (χ1n) is 5.51. The number of aromatic amines is 1. The predicted octanol–water partition coefficient (Wildman–Crippen LogP) is 2.32. The lowest BCUT2D eigenvalue weighted by molar-refractivity contribution is 0.648. The van der Waals surface area contributed by atoms with E-state index in [1.165, 1.54) is 0 Å². The van der Waals surface area contributed by atoms with Crippen LogP contribution in [-0.2, 0) is 6.42 Å². The molecule has 0 aliphatic heterocycles. The van der Waals surface area contributed by atoms with Gasteiger partial charge in [0.15, 0.2) is 0 Å². The smallest absolute Gasteiger partial charge is 0.0998 e. The zero-order valence-electron chi connectivity index (χ0n) is 9.33. The number of fused-ring (bicyclic) bond motifs is 1. The van der Waals surface area contributed by atoms with Crippen molar-refractivity contribution in [3.63, 3.8) is 0 Å². The van der Waals surface area contributed by atoms with E-state index in [-0.39, 0.29) is 6.04 Å². The van der Waals surface area contributed by atoms with Crippen molar-refractivity contribution in [2.75, 3.05) is 0 Å². The topological polar surface area (TPSA) is 65.6 Å². The summed E-state index contributed by atoms with van der Waals surface area (Å²) in [5, 5.41) is 10.1. The van der Waals surface area contributed by atoms with E-state index in [1.807, 2.05) is 24.4 Å². The Hall–Kier alpha value is -1.79. The lowest BCUT2D eigenvalue weighted by Crippen LogP contribution is -2.21. The van der Waals surface area contributed by atoms with E-state index >= 15 is 0 Å². The highest BCUT2D eigenvalue weighted by Gasteiger charge is 2.10. The van der Waals surface area contributed by atoms with E-state index in [0.717, 1.165) is 34.9 Å². The molecule has 1 unspecified atom stereocenters. The number of nitrogens with two attached hydrogens (primary N) is 1. The quantitative estimate of drug-likeness (QED) is 0.821. The van der Waals surface area contributed by atoms with Crippen molar-refractivity contribution in [2.24, 2.45) is 5.73 Å². The molecule has 2 aromatic rings. The van der Waals surface area contributed by atoms with Crippen LogP contribution in [0.25, 0.3) is 10.9 Å². The number of hydrogen-bond acceptors (Lipinski definition) is 2. The van der Waals surface area contributed by atoms with Crippen molar-refractivity contribution in [3.8, 4) is 6.07 Å². The monoisotopic (exact) mass is 213 g/mol. The Kier molecular flexibility index (Phi) is 2.93. The fraction of sp³-hybridized carbons (Fsp3) is 0.308. The highest BCUT2D eigenvalue weighted by atomic mass is 14.7. The normalized spacial score (nSPS) is 12.6. The first-order chi connectivity index (χ1) is 7.76. The van der Waals surface area contributed by atoms with Crippen LogP contribution in [-0.4, -0.2) is 11.0 Å². The van der Waals surface area contributed by atoms with Gasteiger partial charge in [-0.2, -0.15) is 5.26 Å². The molecule has 0 radical (unpaired) electrons. The third-order valence-electron chi connectivity index (χ3n) is 2.91. The van der Waals surface area contributed by atoms with Gasteiger partial charge in [0.25, 0.3) is 0 Å². The van der Waals surface area contributed by atoms with Gasteiger partial charge in [-0.1, -0.05) is 13.0 Å². The fourth-order valence-corrected chi connectivity index (χ4v) is 1.94. The Bertz CT molecular complexity index is 534. The van der Waals surface area contributed by atoms with Crippen LogP contribution >= 0.6 is 0 Å². The van der Waals surface area contributed by atoms with Gasteiger partial charge in [-0.3, -0.25) is 0 Å². The summed E-state index contributed by atoms with van der Waals surface area (Å²) in [5.74, 6) is 0. The lowest BCUT2D eigenvalue weighted by Gasteiger charge is -2.07. The number of aromatic nitrogens is 1. The fourth-order valence-electron chi connectivity index (χ4n) is 1.94. The van der Waals surface area contributed by atoms with Gasteiger partial charge in [-0.15, -0.1) is 0 Å². The Morgan fingerprint density at radius 3 is 3.00 bits per heavy atom. The summed E-state index contributed by atoms with van der Waals surface area (Å²) >= 11 is 0. The zero-order chi connectivity index (χ0) is 11.5. The predicted molar refractivity (Wildman–Crippen MR) is 65.0 cm³/mol. The molecule has 0 saturated carbocycles. The van der Waals surface area contributed by atoms with Gasteiger partial charge < -0.3 is 10.7 Å². The highest BCUT2D eigenvalue weighted by molar-refractivity contribution is 5.88. The molecule has 0 spiro atoms. The van der Waals surface area contributed by atoms with Crippen LogP contribution in [0.3, 0.4) is 0 Å². The van der Waals surface area contributed by atoms with Crippen LogP contribution in [0.5, 0.6) is 0 Å². The largest absolute Gasteiger partial charge is 0.361 e. The summed E-state index contributed by atoms with van der Waals surface area (Å²) in [6.45, 7) is 2.07. The molecule has 3 heteroatoms. The first kappa shape index (κ1) is 10.7. The average Bonchev–Trinajstić information content (AvgIpc) is 2.72. The van der Waals surface area contributed by atoms with E-state index in [0.29, 0.717) is 0 Å². The molecule has 16 heavy (non-hydrogen) atoms. The molecule has 2 rings (SSSR count). The molecule has 1 aromatic carbocycles. The number of benzene rings is 1. The van der Waals surface area contributed by atoms with Crippen LogP contribution in [0.2, 0.25) is 0 Å². The van der Waals surface area contributed by atoms with Crippen LogP contribution in [0, 0.1) is 11.3 Å². The van der Waals surface area contributed by atoms with E-state index in [2.05, 4.69) is 18.0 Å². The van der Waals surface area contributed by atoms with Crippen molar-refractivity contribution in [1.29, 1.82) is 5.26 Å². The highest BCUT2D eigenvalue weighted by Crippen LogP contribution is 2.23. The molecular weight excluding hydrogens is 198 g/mol. The maximum Gasteiger partial charge on any atom is 0.0998 e. The summed E-state index contributed by atoms with van der Waals surface area (Å²) in [5.41, 5.74) is 8.82. The third kappa shape index (κ3) is 1.80. The Morgan fingerprint density at radius 1 is 1.50 bits per heavy atom. The van der Waals surface area contributed by atoms with Crippen molar-refractivity contribution >= 4 is 10.9 Å². The van der Waals surface area contributed by atoms with Gasteiger partial charge in [-0.05, 0) is 30.5 Å². The third-order valence-corrected chi connectivity index (χ3v) is 2.91. The van der Waals surface area contributed by atoms with E-state index in [9.17, 15) is 0 Å². The molecule has 1 heterocycles. The number of nitrogens with one attached hydrogen (secondary N) is 1. The van der Waals surface area contributed by atoms with E-state index < -0.39 is 0 Å². The minimum absolute atomic E-state index is 0.158. The van der Waals surface area contributed by atoms with Crippen LogP contribution in [0.4, 0.5) is 0 Å².